The van der Waals surface area contributed by atoms with Crippen LogP contribution in [0.4, 0.5) is 5.69 Å². The predicted octanol–water partition coefficient (Wildman–Crippen LogP) is 5.42. The number of hydrogen-bond donors (Lipinski definition) is 1. The lowest BCUT2D eigenvalue weighted by molar-refractivity contribution is -0.111. The fourth-order valence-electron chi connectivity index (χ4n) is 5.87. The average Bonchev–Trinajstić information content (AvgIpc) is 3.32. The second kappa shape index (κ2) is 9.04. The number of fused-ring (bicyclic) bond motifs is 1. The maximum atomic E-state index is 11.1. The maximum absolute atomic E-state index is 11.1. The molecule has 5 rings (SSSR count). The zero-order valence-electron chi connectivity index (χ0n) is 18.2. The van der Waals surface area contributed by atoms with Crippen LogP contribution in [0.3, 0.4) is 0 Å². The van der Waals surface area contributed by atoms with E-state index >= 15 is 0 Å². The topological polar surface area (TPSA) is 49.8 Å². The van der Waals surface area contributed by atoms with E-state index in [1.165, 1.54) is 42.5 Å². The summed E-state index contributed by atoms with van der Waals surface area (Å²) >= 11 is 0. The number of phenols is 1. The largest absolute Gasteiger partial charge is 0.508 e. The van der Waals surface area contributed by atoms with E-state index in [1.807, 2.05) is 12.1 Å². The molecule has 1 saturated heterocycles. The Labute approximate surface area is 185 Å². The second-order valence-corrected chi connectivity index (χ2v) is 9.65. The van der Waals surface area contributed by atoms with Gasteiger partial charge in [0, 0.05) is 30.6 Å². The minimum Gasteiger partial charge on any atom is -0.508 e. The molecule has 0 amide bonds. The van der Waals surface area contributed by atoms with E-state index in [0.717, 1.165) is 50.1 Å². The standard InChI is InChI=1S/C27H33NO3/c29-17-20-11-13-28(14-12-20)23-7-5-21(6-8-23)27-25-10-9-24(30)16-22(25)18-31-26(27)15-19-3-1-2-4-19/h5-10,16-17,19-20,26-27,30H,1-4,11-15,18H2/t26-,27-/m0/s1. The molecule has 31 heavy (non-hydrogen) atoms. The zero-order chi connectivity index (χ0) is 21.2. The molecular formula is C27H33NO3. The number of ether oxygens (including phenoxy) is 1. The lowest BCUT2D eigenvalue weighted by atomic mass is 9.79. The molecule has 1 N–H and O–H groups in total. The summed E-state index contributed by atoms with van der Waals surface area (Å²) in [6, 6.07) is 14.8. The average molecular weight is 420 g/mol. The summed E-state index contributed by atoms with van der Waals surface area (Å²) in [5.41, 5.74) is 4.93. The highest BCUT2D eigenvalue weighted by molar-refractivity contribution is 5.56. The van der Waals surface area contributed by atoms with E-state index in [0.29, 0.717) is 12.4 Å². The quantitative estimate of drug-likeness (QED) is 0.658. The van der Waals surface area contributed by atoms with Gasteiger partial charge in [0.15, 0.2) is 0 Å². The number of benzene rings is 2. The highest BCUT2D eigenvalue weighted by Crippen LogP contribution is 2.42. The first-order valence-corrected chi connectivity index (χ1v) is 11.9. The van der Waals surface area contributed by atoms with Gasteiger partial charge in [-0.3, -0.25) is 0 Å². The van der Waals surface area contributed by atoms with Gasteiger partial charge in [-0.1, -0.05) is 43.9 Å². The Morgan fingerprint density at radius 3 is 2.45 bits per heavy atom. The second-order valence-electron chi connectivity index (χ2n) is 9.65. The van der Waals surface area contributed by atoms with E-state index in [1.54, 1.807) is 0 Å². The maximum Gasteiger partial charge on any atom is 0.123 e. The first kappa shape index (κ1) is 20.6. The molecule has 0 unspecified atom stereocenters. The summed E-state index contributed by atoms with van der Waals surface area (Å²) in [5, 5.41) is 9.98. The SMILES string of the molecule is O=CC1CCN(c2ccc([C@H]3c4ccc(O)cc4CO[C@H]3CC3CCCC3)cc2)CC1. The Bertz CT molecular complexity index is 895. The number of phenolic OH excluding ortho intramolecular Hbond substituents is 1. The van der Waals surface area contributed by atoms with Gasteiger partial charge >= 0.3 is 0 Å². The minimum absolute atomic E-state index is 0.189. The molecule has 1 aliphatic carbocycles. The number of anilines is 1. The van der Waals surface area contributed by atoms with Gasteiger partial charge in [0.05, 0.1) is 12.7 Å². The monoisotopic (exact) mass is 419 g/mol. The predicted molar refractivity (Wildman–Crippen MR) is 123 cm³/mol. The molecule has 4 heteroatoms. The van der Waals surface area contributed by atoms with E-state index < -0.39 is 0 Å². The van der Waals surface area contributed by atoms with E-state index in [-0.39, 0.29) is 17.9 Å². The van der Waals surface area contributed by atoms with Crippen molar-refractivity contribution in [1.82, 2.24) is 0 Å². The van der Waals surface area contributed by atoms with Gasteiger partial charge in [0.1, 0.15) is 12.0 Å². The van der Waals surface area contributed by atoms with Crippen molar-refractivity contribution < 1.29 is 14.6 Å². The highest BCUT2D eigenvalue weighted by Gasteiger charge is 2.34. The molecule has 0 spiro atoms. The number of carbonyl (C=O) groups excluding carboxylic acids is 1. The number of carbonyl (C=O) groups is 1. The van der Waals surface area contributed by atoms with Gasteiger partial charge in [-0.2, -0.15) is 0 Å². The Morgan fingerprint density at radius 2 is 1.74 bits per heavy atom. The summed E-state index contributed by atoms with van der Waals surface area (Å²) < 4.78 is 6.40. The summed E-state index contributed by atoms with van der Waals surface area (Å²) in [4.78, 5) is 13.4. The van der Waals surface area contributed by atoms with Crippen LogP contribution >= 0.6 is 0 Å². The van der Waals surface area contributed by atoms with Crippen LogP contribution in [-0.4, -0.2) is 30.6 Å². The van der Waals surface area contributed by atoms with Crippen LogP contribution in [0.25, 0.3) is 0 Å². The van der Waals surface area contributed by atoms with E-state index in [2.05, 4.69) is 35.2 Å². The summed E-state index contributed by atoms with van der Waals surface area (Å²) in [6.07, 6.45) is 9.66. The van der Waals surface area contributed by atoms with Gasteiger partial charge in [0.25, 0.3) is 0 Å². The number of aldehydes is 1. The van der Waals surface area contributed by atoms with Crippen LogP contribution in [0.5, 0.6) is 5.75 Å². The molecule has 2 aromatic carbocycles. The van der Waals surface area contributed by atoms with Gasteiger partial charge < -0.3 is 19.5 Å². The first-order chi connectivity index (χ1) is 15.2. The number of nitrogens with zero attached hydrogens (tertiary/aromatic N) is 1. The third-order valence-corrected chi connectivity index (χ3v) is 7.68. The molecule has 2 heterocycles. The Balaban J connectivity index is 1.40. The van der Waals surface area contributed by atoms with Crippen LogP contribution in [0.1, 0.15) is 67.6 Å². The number of piperidine rings is 1. The highest BCUT2D eigenvalue weighted by atomic mass is 16.5. The van der Waals surface area contributed by atoms with Crippen LogP contribution < -0.4 is 4.90 Å². The van der Waals surface area contributed by atoms with Crippen molar-refractivity contribution in [2.24, 2.45) is 11.8 Å². The van der Waals surface area contributed by atoms with E-state index in [9.17, 15) is 9.90 Å². The zero-order valence-corrected chi connectivity index (χ0v) is 18.2. The first-order valence-electron chi connectivity index (χ1n) is 11.9. The number of hydrogen-bond acceptors (Lipinski definition) is 4. The summed E-state index contributed by atoms with van der Waals surface area (Å²) in [5.74, 6) is 1.51. The van der Waals surface area contributed by atoms with Crippen molar-refractivity contribution in [1.29, 1.82) is 0 Å². The van der Waals surface area contributed by atoms with Crippen LogP contribution in [-0.2, 0) is 16.1 Å². The molecule has 164 valence electrons. The molecule has 0 radical (unpaired) electrons. The molecule has 2 aromatic rings. The van der Waals surface area contributed by atoms with Crippen molar-refractivity contribution in [2.45, 2.75) is 63.6 Å². The Morgan fingerprint density at radius 1 is 1.00 bits per heavy atom. The molecule has 2 atom stereocenters. The Kier molecular flexibility index (Phi) is 5.99. The van der Waals surface area contributed by atoms with Crippen molar-refractivity contribution in [3.8, 4) is 5.75 Å². The third-order valence-electron chi connectivity index (χ3n) is 7.68. The fourth-order valence-corrected chi connectivity index (χ4v) is 5.87. The lowest BCUT2D eigenvalue weighted by Gasteiger charge is -2.36. The van der Waals surface area contributed by atoms with Crippen LogP contribution in [0.15, 0.2) is 42.5 Å². The molecule has 2 aliphatic heterocycles. The molecule has 4 nitrogen and oxygen atoms in total. The van der Waals surface area contributed by atoms with Gasteiger partial charge in [0.2, 0.25) is 0 Å². The van der Waals surface area contributed by atoms with Crippen molar-refractivity contribution in [3.05, 3.63) is 59.2 Å². The van der Waals surface area contributed by atoms with Gasteiger partial charge in [-0.15, -0.1) is 0 Å². The van der Waals surface area contributed by atoms with Crippen molar-refractivity contribution in [3.63, 3.8) is 0 Å². The number of aromatic hydroxyl groups is 1. The Hall–Kier alpha value is -2.33. The van der Waals surface area contributed by atoms with Crippen LogP contribution in [0.2, 0.25) is 0 Å². The normalized spacial score (nSPS) is 24.8. The van der Waals surface area contributed by atoms with Gasteiger partial charge in [-0.25, -0.2) is 0 Å². The van der Waals surface area contributed by atoms with Crippen LogP contribution in [0, 0.1) is 11.8 Å². The molecule has 1 saturated carbocycles. The van der Waals surface area contributed by atoms with Gasteiger partial charge in [-0.05, 0) is 66.1 Å². The van der Waals surface area contributed by atoms with E-state index in [4.69, 9.17) is 4.74 Å². The fraction of sp³-hybridized carbons (Fsp3) is 0.519. The molecule has 3 aliphatic rings. The van der Waals surface area contributed by atoms with Crippen molar-refractivity contribution >= 4 is 12.0 Å². The molecular weight excluding hydrogens is 386 g/mol. The van der Waals surface area contributed by atoms with Crippen molar-refractivity contribution in [2.75, 3.05) is 18.0 Å². The molecule has 0 aromatic heterocycles. The smallest absolute Gasteiger partial charge is 0.123 e. The summed E-state index contributed by atoms with van der Waals surface area (Å²) in [7, 11) is 0. The lowest BCUT2D eigenvalue weighted by Crippen LogP contribution is -2.34. The molecule has 2 fully saturated rings. The number of rotatable bonds is 5. The minimum atomic E-state index is 0.189. The molecule has 0 bridgehead atoms. The third kappa shape index (κ3) is 4.36. The summed E-state index contributed by atoms with van der Waals surface area (Å²) in [6.45, 7) is 2.48.